The second-order valence-corrected chi connectivity index (χ2v) is 4.69. The van der Waals surface area contributed by atoms with Crippen molar-refractivity contribution in [1.29, 1.82) is 0 Å². The summed E-state index contributed by atoms with van der Waals surface area (Å²) >= 11 is 3.51. The molecule has 3 nitrogen and oxygen atoms in total. The molecule has 0 aliphatic heterocycles. The molecule has 0 fully saturated rings. The minimum absolute atomic E-state index is 0.669. The van der Waals surface area contributed by atoms with Crippen molar-refractivity contribution in [2.24, 2.45) is 0 Å². The highest BCUT2D eigenvalue weighted by molar-refractivity contribution is 9.10. The molecule has 0 unspecified atom stereocenters. The normalized spacial score (nSPS) is 10.2. The summed E-state index contributed by atoms with van der Waals surface area (Å²) in [6, 6.07) is 11.8. The van der Waals surface area contributed by atoms with E-state index in [2.05, 4.69) is 32.3 Å². The summed E-state index contributed by atoms with van der Waals surface area (Å²) in [5, 5.41) is 3.24. The first-order valence-corrected chi connectivity index (χ1v) is 6.16. The van der Waals surface area contributed by atoms with Crippen molar-refractivity contribution in [3.05, 3.63) is 52.1 Å². The number of nitrogens with one attached hydrogen (secondary N) is 1. The van der Waals surface area contributed by atoms with E-state index >= 15 is 0 Å². The lowest BCUT2D eigenvalue weighted by Crippen LogP contribution is -2.05. The van der Waals surface area contributed by atoms with E-state index in [-0.39, 0.29) is 0 Å². The summed E-state index contributed by atoms with van der Waals surface area (Å²) in [6.45, 7) is 2.64. The first kappa shape index (κ1) is 11.9. The molecular formula is C13H14BrN3. The van der Waals surface area contributed by atoms with Crippen molar-refractivity contribution in [2.75, 3.05) is 11.1 Å². The van der Waals surface area contributed by atoms with Crippen LogP contribution >= 0.6 is 15.9 Å². The van der Waals surface area contributed by atoms with E-state index < -0.39 is 0 Å². The number of aryl methyl sites for hydroxylation is 1. The molecule has 1 heterocycles. The van der Waals surface area contributed by atoms with Crippen LogP contribution < -0.4 is 11.1 Å². The van der Waals surface area contributed by atoms with Gasteiger partial charge in [-0.05, 0) is 30.7 Å². The van der Waals surface area contributed by atoms with Gasteiger partial charge in [-0.3, -0.25) is 0 Å². The number of anilines is 2. The molecule has 3 N–H and O–H groups in total. The number of nitrogens with two attached hydrogens (primary N) is 1. The summed E-state index contributed by atoms with van der Waals surface area (Å²) in [7, 11) is 0. The molecule has 1 aromatic heterocycles. The van der Waals surface area contributed by atoms with E-state index in [0.717, 1.165) is 16.0 Å². The van der Waals surface area contributed by atoms with Crippen molar-refractivity contribution in [3.8, 4) is 0 Å². The van der Waals surface area contributed by atoms with Crippen LogP contribution in [0.5, 0.6) is 0 Å². The van der Waals surface area contributed by atoms with Gasteiger partial charge in [-0.15, -0.1) is 0 Å². The van der Waals surface area contributed by atoms with Gasteiger partial charge in [-0.1, -0.05) is 34.1 Å². The molecule has 2 aromatic rings. The molecule has 0 saturated heterocycles. The predicted octanol–water partition coefficient (Wildman–Crippen LogP) is 3.35. The van der Waals surface area contributed by atoms with Gasteiger partial charge in [-0.2, -0.15) is 0 Å². The number of nitrogen functional groups attached to an aromatic ring is 1. The third kappa shape index (κ3) is 2.97. The number of hydrogen-bond donors (Lipinski definition) is 2. The number of aromatic nitrogens is 1. The molecule has 0 radical (unpaired) electrons. The third-order valence-electron chi connectivity index (χ3n) is 2.47. The van der Waals surface area contributed by atoms with Crippen molar-refractivity contribution < 1.29 is 0 Å². The Kier molecular flexibility index (Phi) is 3.64. The van der Waals surface area contributed by atoms with Gasteiger partial charge in [0.2, 0.25) is 0 Å². The monoisotopic (exact) mass is 291 g/mol. The molecule has 1 aromatic carbocycles. The molecule has 0 saturated carbocycles. The smallest absolute Gasteiger partial charge is 0.149 e. The molecular weight excluding hydrogens is 278 g/mol. The second kappa shape index (κ2) is 5.19. The topological polar surface area (TPSA) is 50.9 Å². The zero-order chi connectivity index (χ0) is 12.3. The molecule has 4 heteroatoms. The van der Waals surface area contributed by atoms with Crippen LogP contribution in [0, 0.1) is 6.92 Å². The molecule has 0 aliphatic rings. The van der Waals surface area contributed by atoms with Crippen LogP contribution in [0.4, 0.5) is 11.5 Å². The zero-order valence-electron chi connectivity index (χ0n) is 9.57. The Hall–Kier alpha value is -1.55. The van der Waals surface area contributed by atoms with Crippen molar-refractivity contribution >= 4 is 27.4 Å². The molecule has 0 aliphatic carbocycles. The van der Waals surface area contributed by atoms with Crippen molar-refractivity contribution in [3.63, 3.8) is 0 Å². The Morgan fingerprint density at radius 1 is 1.24 bits per heavy atom. The average Bonchev–Trinajstić information content (AvgIpc) is 2.32. The SMILES string of the molecule is Cc1ccc(N)c(NCc2ccccc2Br)n1. The minimum atomic E-state index is 0.669. The van der Waals surface area contributed by atoms with E-state index in [1.54, 1.807) is 0 Å². The number of rotatable bonds is 3. The quantitative estimate of drug-likeness (QED) is 0.912. The van der Waals surface area contributed by atoms with Crippen molar-refractivity contribution in [1.82, 2.24) is 4.98 Å². The molecule has 88 valence electrons. The largest absolute Gasteiger partial charge is 0.396 e. The number of halogens is 1. The average molecular weight is 292 g/mol. The van der Waals surface area contributed by atoms with Gasteiger partial charge in [0.1, 0.15) is 5.82 Å². The number of hydrogen-bond acceptors (Lipinski definition) is 3. The van der Waals surface area contributed by atoms with Crippen LogP contribution in [0.3, 0.4) is 0 Å². The van der Waals surface area contributed by atoms with Gasteiger partial charge in [0.15, 0.2) is 0 Å². The highest BCUT2D eigenvalue weighted by Gasteiger charge is 2.02. The highest BCUT2D eigenvalue weighted by atomic mass is 79.9. The van der Waals surface area contributed by atoms with Gasteiger partial charge in [0.05, 0.1) is 5.69 Å². The molecule has 17 heavy (non-hydrogen) atoms. The summed E-state index contributed by atoms with van der Waals surface area (Å²) in [6.07, 6.45) is 0. The van der Waals surface area contributed by atoms with Crippen LogP contribution in [0.1, 0.15) is 11.3 Å². The van der Waals surface area contributed by atoms with Crippen LogP contribution in [-0.4, -0.2) is 4.98 Å². The van der Waals surface area contributed by atoms with E-state index in [9.17, 15) is 0 Å². The van der Waals surface area contributed by atoms with E-state index in [1.165, 1.54) is 5.56 Å². The van der Waals surface area contributed by atoms with Gasteiger partial charge in [0, 0.05) is 16.7 Å². The molecule has 0 bridgehead atoms. The molecule has 2 rings (SSSR count). The lowest BCUT2D eigenvalue weighted by molar-refractivity contribution is 1.09. The Labute approximate surface area is 109 Å². The van der Waals surface area contributed by atoms with Crippen molar-refractivity contribution in [2.45, 2.75) is 13.5 Å². The van der Waals surface area contributed by atoms with Crippen LogP contribution in [0.25, 0.3) is 0 Å². The maximum atomic E-state index is 5.85. The molecule has 0 amide bonds. The third-order valence-corrected chi connectivity index (χ3v) is 3.24. The predicted molar refractivity (Wildman–Crippen MR) is 74.9 cm³/mol. The van der Waals surface area contributed by atoms with E-state index in [4.69, 9.17) is 5.73 Å². The van der Waals surface area contributed by atoms with Gasteiger partial charge < -0.3 is 11.1 Å². The van der Waals surface area contributed by atoms with E-state index in [1.807, 2.05) is 37.3 Å². The number of benzene rings is 1. The van der Waals surface area contributed by atoms with Crippen LogP contribution in [0.2, 0.25) is 0 Å². The Morgan fingerprint density at radius 2 is 2.00 bits per heavy atom. The summed E-state index contributed by atoms with van der Waals surface area (Å²) in [5.41, 5.74) is 8.65. The second-order valence-electron chi connectivity index (χ2n) is 3.84. The summed E-state index contributed by atoms with van der Waals surface area (Å²) in [5.74, 6) is 0.737. The van der Waals surface area contributed by atoms with Crippen LogP contribution in [-0.2, 0) is 6.54 Å². The first-order chi connectivity index (χ1) is 8.16. The minimum Gasteiger partial charge on any atom is -0.396 e. The fourth-order valence-electron chi connectivity index (χ4n) is 1.53. The Morgan fingerprint density at radius 3 is 2.76 bits per heavy atom. The number of pyridine rings is 1. The molecule has 0 spiro atoms. The van der Waals surface area contributed by atoms with Gasteiger partial charge in [-0.25, -0.2) is 4.98 Å². The fourth-order valence-corrected chi connectivity index (χ4v) is 1.95. The Balaban J connectivity index is 2.12. The molecule has 0 atom stereocenters. The highest BCUT2D eigenvalue weighted by Crippen LogP contribution is 2.20. The van der Waals surface area contributed by atoms with Gasteiger partial charge >= 0.3 is 0 Å². The Bertz CT molecular complexity index is 526. The summed E-state index contributed by atoms with van der Waals surface area (Å²) < 4.78 is 1.08. The number of nitrogens with zero attached hydrogens (tertiary/aromatic N) is 1. The lowest BCUT2D eigenvalue weighted by Gasteiger charge is -2.10. The van der Waals surface area contributed by atoms with Gasteiger partial charge in [0.25, 0.3) is 0 Å². The maximum absolute atomic E-state index is 5.85. The lowest BCUT2D eigenvalue weighted by atomic mass is 10.2. The summed E-state index contributed by atoms with van der Waals surface area (Å²) in [4.78, 5) is 4.37. The van der Waals surface area contributed by atoms with Crippen LogP contribution in [0.15, 0.2) is 40.9 Å². The van der Waals surface area contributed by atoms with E-state index in [0.29, 0.717) is 12.2 Å². The maximum Gasteiger partial charge on any atom is 0.149 e. The fraction of sp³-hybridized carbons (Fsp3) is 0.154. The zero-order valence-corrected chi connectivity index (χ0v) is 11.2. The standard InChI is InChI=1S/C13H14BrN3/c1-9-6-7-12(15)13(17-9)16-8-10-4-2-3-5-11(10)14/h2-7H,8,15H2,1H3,(H,16,17). The first-order valence-electron chi connectivity index (χ1n) is 5.37.